The van der Waals surface area contributed by atoms with E-state index in [0.29, 0.717) is 24.6 Å². The highest BCUT2D eigenvalue weighted by molar-refractivity contribution is 9.10. The van der Waals surface area contributed by atoms with Crippen molar-refractivity contribution in [2.24, 2.45) is 0 Å². The lowest BCUT2D eigenvalue weighted by molar-refractivity contribution is 0.354. The van der Waals surface area contributed by atoms with Gasteiger partial charge in [0.2, 0.25) is 0 Å². The summed E-state index contributed by atoms with van der Waals surface area (Å²) in [6.45, 7) is 1.23. The third-order valence-corrected chi connectivity index (χ3v) is 3.82. The van der Waals surface area contributed by atoms with Crippen LogP contribution < -0.4 is 14.8 Å². The quantitative estimate of drug-likeness (QED) is 0.854. The molecule has 0 unspecified atom stereocenters. The molecule has 112 valence electrons. The number of methoxy groups -OCH3 is 2. The summed E-state index contributed by atoms with van der Waals surface area (Å²) in [7, 11) is 3.21. The van der Waals surface area contributed by atoms with E-state index < -0.39 is 0 Å². The van der Waals surface area contributed by atoms with E-state index >= 15 is 0 Å². The molecule has 0 amide bonds. The predicted molar refractivity (Wildman–Crippen MR) is 84.2 cm³/mol. The fraction of sp³-hybridized carbons (Fsp3) is 0.250. The fourth-order valence-electron chi connectivity index (χ4n) is 2.02. The van der Waals surface area contributed by atoms with Gasteiger partial charge in [-0.25, -0.2) is 4.39 Å². The summed E-state index contributed by atoms with van der Waals surface area (Å²) >= 11 is 3.51. The zero-order valence-corrected chi connectivity index (χ0v) is 13.5. The summed E-state index contributed by atoms with van der Waals surface area (Å²) in [5.41, 5.74) is 1.95. The first-order chi connectivity index (χ1) is 10.1. The average Bonchev–Trinajstić information content (AvgIpc) is 2.48. The van der Waals surface area contributed by atoms with Crippen molar-refractivity contribution in [2.45, 2.75) is 13.1 Å². The van der Waals surface area contributed by atoms with Crippen LogP contribution in [0.3, 0.4) is 0 Å². The normalized spacial score (nSPS) is 10.5. The zero-order valence-electron chi connectivity index (χ0n) is 12.0. The van der Waals surface area contributed by atoms with Gasteiger partial charge >= 0.3 is 0 Å². The van der Waals surface area contributed by atoms with E-state index in [4.69, 9.17) is 9.47 Å². The molecule has 0 aliphatic heterocycles. The van der Waals surface area contributed by atoms with Gasteiger partial charge < -0.3 is 14.8 Å². The van der Waals surface area contributed by atoms with Gasteiger partial charge in [0.1, 0.15) is 5.82 Å². The zero-order chi connectivity index (χ0) is 15.2. The van der Waals surface area contributed by atoms with Gasteiger partial charge in [-0.3, -0.25) is 0 Å². The van der Waals surface area contributed by atoms with E-state index in [1.54, 1.807) is 20.3 Å². The van der Waals surface area contributed by atoms with Gasteiger partial charge in [0.15, 0.2) is 11.5 Å². The van der Waals surface area contributed by atoms with Crippen LogP contribution in [0.15, 0.2) is 40.9 Å². The molecule has 3 nitrogen and oxygen atoms in total. The highest BCUT2D eigenvalue weighted by Crippen LogP contribution is 2.33. The van der Waals surface area contributed by atoms with Gasteiger partial charge in [-0.2, -0.15) is 0 Å². The molecular formula is C16H17BrFNO2. The van der Waals surface area contributed by atoms with E-state index in [-0.39, 0.29) is 5.82 Å². The molecule has 0 heterocycles. The maximum atomic E-state index is 13.1. The van der Waals surface area contributed by atoms with E-state index in [0.717, 1.165) is 15.6 Å². The van der Waals surface area contributed by atoms with Crippen molar-refractivity contribution >= 4 is 15.9 Å². The number of ether oxygens (including phenoxy) is 2. The van der Waals surface area contributed by atoms with Crippen LogP contribution in [0.25, 0.3) is 0 Å². The van der Waals surface area contributed by atoms with Crippen molar-refractivity contribution in [3.05, 3.63) is 57.8 Å². The highest BCUT2D eigenvalue weighted by atomic mass is 79.9. The van der Waals surface area contributed by atoms with E-state index in [1.807, 2.05) is 18.2 Å². The van der Waals surface area contributed by atoms with Crippen molar-refractivity contribution in [2.75, 3.05) is 14.2 Å². The Morgan fingerprint density at radius 2 is 1.76 bits per heavy atom. The molecule has 0 atom stereocenters. The molecule has 21 heavy (non-hydrogen) atoms. The Kier molecular flexibility index (Phi) is 5.59. The Morgan fingerprint density at radius 1 is 1.05 bits per heavy atom. The molecule has 2 aromatic carbocycles. The Bertz CT molecular complexity index is 619. The Labute approximate surface area is 132 Å². The summed E-state index contributed by atoms with van der Waals surface area (Å²) in [5.74, 6) is 1.14. The number of hydrogen-bond donors (Lipinski definition) is 1. The number of rotatable bonds is 6. The van der Waals surface area contributed by atoms with Crippen molar-refractivity contribution in [3.63, 3.8) is 0 Å². The topological polar surface area (TPSA) is 30.5 Å². The molecule has 0 saturated heterocycles. The second kappa shape index (κ2) is 7.43. The largest absolute Gasteiger partial charge is 0.493 e. The SMILES string of the molecule is COc1cc(Br)c(CNCc2cccc(F)c2)cc1OC. The van der Waals surface area contributed by atoms with Crippen molar-refractivity contribution in [3.8, 4) is 11.5 Å². The third-order valence-electron chi connectivity index (χ3n) is 3.09. The van der Waals surface area contributed by atoms with Crippen LogP contribution in [0.1, 0.15) is 11.1 Å². The maximum Gasteiger partial charge on any atom is 0.161 e. The van der Waals surface area contributed by atoms with Crippen molar-refractivity contribution in [1.29, 1.82) is 0 Å². The summed E-state index contributed by atoms with van der Waals surface area (Å²) in [4.78, 5) is 0. The summed E-state index contributed by atoms with van der Waals surface area (Å²) in [5, 5.41) is 3.28. The van der Waals surface area contributed by atoms with Gasteiger partial charge in [0, 0.05) is 17.6 Å². The van der Waals surface area contributed by atoms with Crippen LogP contribution in [0.4, 0.5) is 4.39 Å². The first kappa shape index (κ1) is 15.8. The molecule has 0 aromatic heterocycles. The lowest BCUT2D eigenvalue weighted by Gasteiger charge is -2.12. The number of halogens is 2. The minimum absolute atomic E-state index is 0.221. The van der Waals surface area contributed by atoms with Crippen LogP contribution in [0, 0.1) is 5.82 Å². The van der Waals surface area contributed by atoms with Gasteiger partial charge in [-0.1, -0.05) is 28.1 Å². The molecule has 1 N–H and O–H groups in total. The van der Waals surface area contributed by atoms with E-state index in [1.165, 1.54) is 12.1 Å². The van der Waals surface area contributed by atoms with Gasteiger partial charge in [-0.15, -0.1) is 0 Å². The first-order valence-electron chi connectivity index (χ1n) is 6.49. The van der Waals surface area contributed by atoms with Crippen LogP contribution in [0.2, 0.25) is 0 Å². The summed E-state index contributed by atoms with van der Waals surface area (Å²) in [6, 6.07) is 10.4. The Balaban J connectivity index is 2.03. The Morgan fingerprint density at radius 3 is 2.43 bits per heavy atom. The minimum Gasteiger partial charge on any atom is -0.493 e. The molecule has 0 radical (unpaired) electrons. The molecule has 0 saturated carbocycles. The van der Waals surface area contributed by atoms with Crippen LogP contribution in [-0.2, 0) is 13.1 Å². The van der Waals surface area contributed by atoms with Crippen LogP contribution in [-0.4, -0.2) is 14.2 Å². The average molecular weight is 354 g/mol. The smallest absolute Gasteiger partial charge is 0.161 e. The van der Waals surface area contributed by atoms with Gasteiger partial charge in [0.25, 0.3) is 0 Å². The fourth-order valence-corrected chi connectivity index (χ4v) is 2.48. The van der Waals surface area contributed by atoms with Crippen LogP contribution in [0.5, 0.6) is 11.5 Å². The van der Waals surface area contributed by atoms with E-state index in [2.05, 4.69) is 21.2 Å². The summed E-state index contributed by atoms with van der Waals surface area (Å²) in [6.07, 6.45) is 0. The monoisotopic (exact) mass is 353 g/mol. The predicted octanol–water partition coefficient (Wildman–Crippen LogP) is 3.90. The number of nitrogens with one attached hydrogen (secondary N) is 1. The molecule has 0 spiro atoms. The second-order valence-electron chi connectivity index (χ2n) is 4.53. The Hall–Kier alpha value is -1.59. The molecule has 0 aliphatic rings. The lowest BCUT2D eigenvalue weighted by Crippen LogP contribution is -2.13. The second-order valence-corrected chi connectivity index (χ2v) is 5.39. The van der Waals surface area contributed by atoms with E-state index in [9.17, 15) is 4.39 Å². The molecular weight excluding hydrogens is 337 g/mol. The molecule has 0 fully saturated rings. The molecule has 0 aliphatic carbocycles. The van der Waals surface area contributed by atoms with Crippen molar-refractivity contribution < 1.29 is 13.9 Å². The number of benzene rings is 2. The summed E-state index contributed by atoms with van der Waals surface area (Å²) < 4.78 is 24.6. The molecule has 2 rings (SSSR count). The first-order valence-corrected chi connectivity index (χ1v) is 7.29. The van der Waals surface area contributed by atoms with Gasteiger partial charge in [-0.05, 0) is 35.4 Å². The maximum absolute atomic E-state index is 13.1. The number of hydrogen-bond acceptors (Lipinski definition) is 3. The highest BCUT2D eigenvalue weighted by Gasteiger charge is 2.09. The standard InChI is InChI=1S/C16H17BrFNO2/c1-20-15-7-12(14(17)8-16(15)21-2)10-19-9-11-4-3-5-13(18)6-11/h3-8,19H,9-10H2,1-2H3. The molecule has 5 heteroatoms. The lowest BCUT2D eigenvalue weighted by atomic mass is 10.2. The van der Waals surface area contributed by atoms with Crippen molar-refractivity contribution in [1.82, 2.24) is 5.32 Å². The molecule has 2 aromatic rings. The third kappa shape index (κ3) is 4.19. The van der Waals surface area contributed by atoms with Crippen LogP contribution >= 0.6 is 15.9 Å². The minimum atomic E-state index is -0.221. The molecule has 0 bridgehead atoms. The van der Waals surface area contributed by atoms with Gasteiger partial charge in [0.05, 0.1) is 14.2 Å².